The molecule has 232 valence electrons. The van der Waals surface area contributed by atoms with Crippen LogP contribution in [0.1, 0.15) is 61.3 Å². The lowest BCUT2D eigenvalue weighted by Crippen LogP contribution is -2.59. The fraction of sp³-hybridized carbons (Fsp3) is 0.444. The highest BCUT2D eigenvalue weighted by atomic mass is 16.7. The number of rotatable bonds is 15. The topological polar surface area (TPSA) is 99.4 Å². The molecule has 0 saturated carbocycles. The van der Waals surface area contributed by atoms with Crippen LogP contribution in [0.4, 0.5) is 0 Å². The molecule has 6 nitrogen and oxygen atoms in total. The quantitative estimate of drug-likeness (QED) is 0.130. The third kappa shape index (κ3) is 16.0. The number of aliphatic hydroxyl groups excluding tert-OH is 4. The summed E-state index contributed by atoms with van der Waals surface area (Å²) in [6.07, 6.45) is 24.6. The molecule has 4 N–H and O–H groups in total. The van der Waals surface area contributed by atoms with E-state index in [1.165, 1.54) is 16.7 Å². The van der Waals surface area contributed by atoms with Crippen LogP contribution in [0.25, 0.3) is 0 Å². The van der Waals surface area contributed by atoms with Crippen LogP contribution in [-0.4, -0.2) is 64.3 Å². The Bertz CT molecular complexity index is 1120. The van der Waals surface area contributed by atoms with Gasteiger partial charge >= 0.3 is 0 Å². The highest BCUT2D eigenvalue weighted by Crippen LogP contribution is 2.22. The summed E-state index contributed by atoms with van der Waals surface area (Å²) in [5.74, 6) is 0. The Morgan fingerprint density at radius 1 is 0.643 bits per heavy atom. The third-order valence-corrected chi connectivity index (χ3v) is 6.44. The second kappa shape index (κ2) is 20.9. The molecule has 1 saturated heterocycles. The molecule has 0 spiro atoms. The molecule has 0 aromatic carbocycles. The summed E-state index contributed by atoms with van der Waals surface area (Å²) < 4.78 is 10.9. The molecule has 42 heavy (non-hydrogen) atoms. The Labute approximate surface area is 253 Å². The highest BCUT2D eigenvalue weighted by molar-refractivity contribution is 5.31. The van der Waals surface area contributed by atoms with Gasteiger partial charge in [-0.1, -0.05) is 113 Å². The van der Waals surface area contributed by atoms with E-state index in [9.17, 15) is 20.4 Å². The summed E-state index contributed by atoms with van der Waals surface area (Å²) in [5, 5.41) is 39.0. The van der Waals surface area contributed by atoms with Crippen molar-refractivity contribution in [2.24, 2.45) is 0 Å². The van der Waals surface area contributed by atoms with E-state index in [0.717, 1.165) is 29.6 Å². The maximum atomic E-state index is 10.1. The van der Waals surface area contributed by atoms with Crippen LogP contribution >= 0.6 is 0 Å². The van der Waals surface area contributed by atoms with Gasteiger partial charge < -0.3 is 29.9 Å². The van der Waals surface area contributed by atoms with Crippen LogP contribution in [0, 0.1) is 0 Å². The number of hydrogen-bond donors (Lipinski definition) is 4. The van der Waals surface area contributed by atoms with E-state index in [-0.39, 0.29) is 6.61 Å². The van der Waals surface area contributed by atoms with Crippen LogP contribution in [0.5, 0.6) is 0 Å². The minimum absolute atomic E-state index is 0.159. The normalized spacial score (nSPS) is 25.5. The van der Waals surface area contributed by atoms with E-state index in [0.29, 0.717) is 0 Å². The van der Waals surface area contributed by atoms with Crippen molar-refractivity contribution >= 4 is 0 Å². The lowest BCUT2D eigenvalue weighted by atomic mass is 9.99. The Kier molecular flexibility index (Phi) is 18.5. The minimum atomic E-state index is -1.45. The average molecular weight is 581 g/mol. The fourth-order valence-electron chi connectivity index (χ4n) is 3.80. The zero-order valence-corrected chi connectivity index (χ0v) is 26.4. The summed E-state index contributed by atoms with van der Waals surface area (Å²) >= 11 is 0. The van der Waals surface area contributed by atoms with Crippen LogP contribution in [0.15, 0.2) is 119 Å². The lowest BCUT2D eigenvalue weighted by Gasteiger charge is -2.39. The van der Waals surface area contributed by atoms with Crippen LogP contribution < -0.4 is 0 Å². The molecule has 0 amide bonds. The maximum Gasteiger partial charge on any atom is 0.187 e. The molecule has 0 aromatic heterocycles. The number of allylic oxidation sites excluding steroid dienone is 19. The summed E-state index contributed by atoms with van der Waals surface area (Å²) in [4.78, 5) is 0. The largest absolute Gasteiger partial charge is 0.394 e. The predicted molar refractivity (Wildman–Crippen MR) is 174 cm³/mol. The highest BCUT2D eigenvalue weighted by Gasteiger charge is 2.43. The van der Waals surface area contributed by atoms with Gasteiger partial charge in [0.25, 0.3) is 0 Å². The second-order valence-corrected chi connectivity index (χ2v) is 11.0. The van der Waals surface area contributed by atoms with Gasteiger partial charge in [0.15, 0.2) is 6.29 Å². The molecule has 0 aromatic rings. The van der Waals surface area contributed by atoms with Crippen molar-refractivity contribution in [3.63, 3.8) is 0 Å². The molecule has 6 heteroatoms. The molecule has 0 radical (unpaired) electrons. The first-order valence-electron chi connectivity index (χ1n) is 14.5. The van der Waals surface area contributed by atoms with Crippen molar-refractivity contribution in [3.8, 4) is 0 Å². The monoisotopic (exact) mass is 580 g/mol. The number of ether oxygens (including phenoxy) is 2. The SMILES string of the molecule is CC(C)=CCC/C(C)=C/C=C/C(C)=C/C=C/C=C(C)/C=C/C=C(C)/C=C/C=C(\C)CO[C@@H]1O[C@@H](CO)[C@H](O)[C@H](O)[C@@H]1O. The third-order valence-electron chi connectivity index (χ3n) is 6.44. The van der Waals surface area contributed by atoms with Gasteiger partial charge in [0, 0.05) is 0 Å². The van der Waals surface area contributed by atoms with E-state index in [4.69, 9.17) is 9.47 Å². The molecule has 1 heterocycles. The predicted octanol–water partition coefficient (Wildman–Crippen LogP) is 6.51. The Balaban J connectivity index is 2.51. The van der Waals surface area contributed by atoms with E-state index < -0.39 is 37.3 Å². The van der Waals surface area contributed by atoms with Crippen LogP contribution in [-0.2, 0) is 9.47 Å². The maximum absolute atomic E-state index is 10.1. The van der Waals surface area contributed by atoms with Crippen molar-refractivity contribution < 1.29 is 29.9 Å². The van der Waals surface area contributed by atoms with Gasteiger partial charge in [0.2, 0.25) is 0 Å². The van der Waals surface area contributed by atoms with Gasteiger partial charge in [-0.3, -0.25) is 0 Å². The van der Waals surface area contributed by atoms with Crippen molar-refractivity contribution in [2.45, 2.75) is 92.0 Å². The Hall–Kier alpha value is -2.84. The van der Waals surface area contributed by atoms with Gasteiger partial charge in [-0.25, -0.2) is 0 Å². The lowest BCUT2D eigenvalue weighted by molar-refractivity contribution is -0.299. The van der Waals surface area contributed by atoms with E-state index in [1.807, 2.05) is 56.4 Å². The molecule has 0 aliphatic carbocycles. The van der Waals surface area contributed by atoms with Gasteiger partial charge in [-0.2, -0.15) is 0 Å². The molecule has 1 aliphatic rings. The average Bonchev–Trinajstić information content (AvgIpc) is 2.93. The van der Waals surface area contributed by atoms with Crippen molar-refractivity contribution in [3.05, 3.63) is 119 Å². The number of hydrogen-bond acceptors (Lipinski definition) is 6. The first kappa shape index (κ1) is 37.2. The summed E-state index contributed by atoms with van der Waals surface area (Å²) in [7, 11) is 0. The van der Waals surface area contributed by atoms with Crippen molar-refractivity contribution in [2.75, 3.05) is 13.2 Å². The van der Waals surface area contributed by atoms with Crippen LogP contribution in [0.3, 0.4) is 0 Å². The fourth-order valence-corrected chi connectivity index (χ4v) is 3.80. The van der Waals surface area contributed by atoms with Crippen molar-refractivity contribution in [1.29, 1.82) is 0 Å². The summed E-state index contributed by atoms with van der Waals surface area (Å²) in [6.45, 7) is 14.1. The molecule has 1 fully saturated rings. The van der Waals surface area contributed by atoms with E-state index in [1.54, 1.807) is 0 Å². The van der Waals surface area contributed by atoms with Crippen LogP contribution in [0.2, 0.25) is 0 Å². The molecule has 0 bridgehead atoms. The molecular weight excluding hydrogens is 528 g/mol. The molecule has 1 rings (SSSR count). The van der Waals surface area contributed by atoms with Gasteiger partial charge in [0.05, 0.1) is 13.2 Å². The Morgan fingerprint density at radius 3 is 1.67 bits per heavy atom. The minimum Gasteiger partial charge on any atom is -0.394 e. The smallest absolute Gasteiger partial charge is 0.187 e. The second-order valence-electron chi connectivity index (χ2n) is 11.0. The zero-order valence-electron chi connectivity index (χ0n) is 26.4. The molecule has 0 unspecified atom stereocenters. The van der Waals surface area contributed by atoms with E-state index in [2.05, 4.69) is 77.2 Å². The first-order chi connectivity index (χ1) is 19.9. The van der Waals surface area contributed by atoms with Crippen molar-refractivity contribution in [1.82, 2.24) is 0 Å². The summed E-state index contributed by atoms with van der Waals surface area (Å²) in [5.41, 5.74) is 7.02. The first-order valence-corrected chi connectivity index (χ1v) is 14.5. The summed E-state index contributed by atoms with van der Waals surface area (Å²) in [6, 6.07) is 0. The molecular formula is C36H52O6. The standard InChI is InChI=1S/C36H52O6/c1-26(2)14-10-17-29(5)20-11-18-27(3)15-8-9-16-28(4)19-12-21-30(6)22-13-23-31(7)25-41-36-35(40)34(39)33(38)32(24-37)42-36/h8-9,11-16,18-23,32-40H,10,17,24-25H2,1-7H3/b9-8+,18-11+,19-12+,22-13+,27-15+,28-16+,29-20+,30-21+,31-23+/t32-,33-,34-,35-,36+/m0/s1. The molecule has 1 aliphatic heterocycles. The zero-order chi connectivity index (χ0) is 31.5. The number of aliphatic hydroxyl groups is 4. The van der Waals surface area contributed by atoms with Gasteiger partial charge in [-0.15, -0.1) is 0 Å². The molecule has 5 atom stereocenters. The van der Waals surface area contributed by atoms with Gasteiger partial charge in [-0.05, 0) is 66.9 Å². The van der Waals surface area contributed by atoms with E-state index >= 15 is 0 Å². The van der Waals surface area contributed by atoms with Gasteiger partial charge in [0.1, 0.15) is 24.4 Å². The Morgan fingerprint density at radius 2 is 1.14 bits per heavy atom.